The van der Waals surface area contributed by atoms with Crippen molar-refractivity contribution in [3.63, 3.8) is 0 Å². The van der Waals surface area contributed by atoms with Gasteiger partial charge < -0.3 is 4.74 Å². The Morgan fingerprint density at radius 1 is 1.17 bits per heavy atom. The summed E-state index contributed by atoms with van der Waals surface area (Å²) in [7, 11) is 0. The number of para-hydroxylation sites is 1. The van der Waals surface area contributed by atoms with Crippen LogP contribution in [0, 0.1) is 6.92 Å². The van der Waals surface area contributed by atoms with Crippen LogP contribution in [0.4, 0.5) is 13.2 Å². The number of ether oxygens (including phenoxy) is 1. The molecule has 0 bridgehead atoms. The van der Waals surface area contributed by atoms with Crippen LogP contribution in [0.3, 0.4) is 0 Å². The van der Waals surface area contributed by atoms with E-state index in [4.69, 9.17) is 4.74 Å². The SMILES string of the molecule is Cc1ccccc1OCC(=O)NN=Cc1ccccc1C(F)(F)F. The second kappa shape index (κ2) is 7.63. The number of alkyl halides is 3. The van der Waals surface area contributed by atoms with Crippen LogP contribution in [0.25, 0.3) is 0 Å². The number of nitrogens with one attached hydrogen (secondary N) is 1. The van der Waals surface area contributed by atoms with E-state index in [9.17, 15) is 18.0 Å². The quantitative estimate of drug-likeness (QED) is 0.671. The lowest BCUT2D eigenvalue weighted by molar-refractivity contribution is -0.137. The molecule has 0 unspecified atom stereocenters. The highest BCUT2D eigenvalue weighted by Crippen LogP contribution is 2.31. The fourth-order valence-electron chi connectivity index (χ4n) is 1.94. The van der Waals surface area contributed by atoms with E-state index in [1.54, 1.807) is 12.1 Å². The average molecular weight is 336 g/mol. The van der Waals surface area contributed by atoms with Crippen LogP contribution in [-0.4, -0.2) is 18.7 Å². The van der Waals surface area contributed by atoms with Crippen LogP contribution in [0.2, 0.25) is 0 Å². The summed E-state index contributed by atoms with van der Waals surface area (Å²) in [6.07, 6.45) is -3.53. The number of amides is 1. The highest BCUT2D eigenvalue weighted by molar-refractivity contribution is 5.84. The summed E-state index contributed by atoms with van der Waals surface area (Å²) >= 11 is 0. The van der Waals surface area contributed by atoms with Crippen molar-refractivity contribution in [3.8, 4) is 5.75 Å². The van der Waals surface area contributed by atoms with Crippen molar-refractivity contribution in [1.82, 2.24) is 5.43 Å². The van der Waals surface area contributed by atoms with Crippen LogP contribution in [0.5, 0.6) is 5.75 Å². The Morgan fingerprint density at radius 2 is 1.83 bits per heavy atom. The highest BCUT2D eigenvalue weighted by atomic mass is 19.4. The Balaban J connectivity index is 1.93. The van der Waals surface area contributed by atoms with Gasteiger partial charge in [-0.15, -0.1) is 0 Å². The number of halogens is 3. The maximum absolute atomic E-state index is 12.8. The summed E-state index contributed by atoms with van der Waals surface area (Å²) in [6.45, 7) is 1.54. The van der Waals surface area contributed by atoms with Gasteiger partial charge in [-0.05, 0) is 24.6 Å². The molecule has 0 aliphatic heterocycles. The first kappa shape index (κ1) is 17.5. The number of rotatable bonds is 5. The summed E-state index contributed by atoms with van der Waals surface area (Å²) in [5.41, 5.74) is 2.05. The Kier molecular flexibility index (Phi) is 5.57. The van der Waals surface area contributed by atoms with Crippen molar-refractivity contribution in [2.45, 2.75) is 13.1 Å². The van der Waals surface area contributed by atoms with Gasteiger partial charge >= 0.3 is 6.18 Å². The maximum Gasteiger partial charge on any atom is 0.417 e. The molecule has 24 heavy (non-hydrogen) atoms. The van der Waals surface area contributed by atoms with Crippen LogP contribution in [0.1, 0.15) is 16.7 Å². The van der Waals surface area contributed by atoms with Crippen LogP contribution < -0.4 is 10.2 Å². The lowest BCUT2D eigenvalue weighted by atomic mass is 10.1. The number of benzene rings is 2. The minimum Gasteiger partial charge on any atom is -0.483 e. The van der Waals surface area contributed by atoms with Gasteiger partial charge in [-0.25, -0.2) is 5.43 Å². The zero-order chi connectivity index (χ0) is 17.6. The third-order valence-electron chi connectivity index (χ3n) is 3.11. The molecule has 0 saturated heterocycles. The smallest absolute Gasteiger partial charge is 0.417 e. The second-order valence-corrected chi connectivity index (χ2v) is 4.93. The third-order valence-corrected chi connectivity index (χ3v) is 3.11. The molecule has 7 heteroatoms. The molecule has 4 nitrogen and oxygen atoms in total. The van der Waals surface area contributed by atoms with Gasteiger partial charge in [0.2, 0.25) is 0 Å². The molecule has 0 saturated carbocycles. The number of carbonyl (C=O) groups is 1. The molecule has 0 aromatic heterocycles. The lowest BCUT2D eigenvalue weighted by Gasteiger charge is -2.09. The first-order valence-corrected chi connectivity index (χ1v) is 7.04. The molecule has 126 valence electrons. The molecule has 0 radical (unpaired) electrons. The van der Waals surface area contributed by atoms with Crippen LogP contribution in [-0.2, 0) is 11.0 Å². The lowest BCUT2D eigenvalue weighted by Crippen LogP contribution is -2.25. The van der Waals surface area contributed by atoms with Gasteiger partial charge in [0.25, 0.3) is 5.91 Å². The first-order valence-electron chi connectivity index (χ1n) is 7.04. The predicted octanol–water partition coefficient (Wildman–Crippen LogP) is 3.54. The van der Waals surface area contributed by atoms with Crippen molar-refractivity contribution in [1.29, 1.82) is 0 Å². The van der Waals surface area contributed by atoms with Crippen molar-refractivity contribution in [2.75, 3.05) is 6.61 Å². The van der Waals surface area contributed by atoms with Crippen molar-refractivity contribution in [2.24, 2.45) is 5.10 Å². The molecule has 1 N–H and O–H groups in total. The van der Waals surface area contributed by atoms with Crippen molar-refractivity contribution in [3.05, 3.63) is 65.2 Å². The first-order chi connectivity index (χ1) is 11.4. The number of hydrazone groups is 1. The molecule has 0 aliphatic carbocycles. The van der Waals surface area contributed by atoms with E-state index < -0.39 is 17.6 Å². The van der Waals surface area contributed by atoms with Gasteiger partial charge in [0, 0.05) is 5.56 Å². The molecule has 0 heterocycles. The monoisotopic (exact) mass is 336 g/mol. The number of nitrogens with zero attached hydrogens (tertiary/aromatic N) is 1. The molecule has 0 aliphatic rings. The summed E-state index contributed by atoms with van der Waals surface area (Å²) in [6, 6.07) is 12.1. The largest absolute Gasteiger partial charge is 0.483 e. The molecular formula is C17H15F3N2O2. The van der Waals surface area contributed by atoms with E-state index in [1.165, 1.54) is 18.2 Å². The summed E-state index contributed by atoms with van der Waals surface area (Å²) < 4.78 is 43.7. The van der Waals surface area contributed by atoms with Crippen LogP contribution in [0.15, 0.2) is 53.6 Å². The zero-order valence-electron chi connectivity index (χ0n) is 12.8. The van der Waals surface area contributed by atoms with Crippen molar-refractivity contribution >= 4 is 12.1 Å². The molecule has 0 spiro atoms. The third kappa shape index (κ3) is 4.84. The second-order valence-electron chi connectivity index (χ2n) is 4.93. The molecule has 2 aromatic rings. The van der Waals surface area contributed by atoms with E-state index >= 15 is 0 Å². The molecule has 1 amide bonds. The van der Waals surface area contributed by atoms with E-state index in [2.05, 4.69) is 10.5 Å². The fraction of sp³-hybridized carbons (Fsp3) is 0.176. The van der Waals surface area contributed by atoms with Gasteiger partial charge in [0.15, 0.2) is 6.61 Å². The van der Waals surface area contributed by atoms with E-state index in [1.807, 2.05) is 19.1 Å². The molecule has 2 aromatic carbocycles. The summed E-state index contributed by atoms with van der Waals surface area (Å²) in [4.78, 5) is 11.6. The van der Waals surface area contributed by atoms with E-state index in [-0.39, 0.29) is 12.2 Å². The number of carbonyl (C=O) groups excluding carboxylic acids is 1. The van der Waals surface area contributed by atoms with Gasteiger partial charge in [0.05, 0.1) is 11.8 Å². The van der Waals surface area contributed by atoms with Gasteiger partial charge in [-0.3, -0.25) is 4.79 Å². The van der Waals surface area contributed by atoms with E-state index in [0.717, 1.165) is 17.8 Å². The molecular weight excluding hydrogens is 321 g/mol. The van der Waals surface area contributed by atoms with Gasteiger partial charge in [0.1, 0.15) is 5.75 Å². The Bertz CT molecular complexity index is 743. The minimum atomic E-state index is -4.49. The number of aryl methyl sites for hydroxylation is 1. The Hall–Kier alpha value is -2.83. The van der Waals surface area contributed by atoms with Crippen molar-refractivity contribution < 1.29 is 22.7 Å². The minimum absolute atomic E-state index is 0.134. The van der Waals surface area contributed by atoms with Crippen LogP contribution >= 0.6 is 0 Å². The normalized spacial score (nSPS) is 11.5. The van der Waals surface area contributed by atoms with Gasteiger partial charge in [-0.1, -0.05) is 36.4 Å². The Labute approximate surface area is 137 Å². The standard InChI is InChI=1S/C17H15F3N2O2/c1-12-6-2-5-9-15(12)24-11-16(23)22-21-10-13-7-3-4-8-14(13)17(18,19)20/h2-10H,11H2,1H3,(H,22,23). The maximum atomic E-state index is 12.8. The highest BCUT2D eigenvalue weighted by Gasteiger charge is 2.32. The Morgan fingerprint density at radius 3 is 2.54 bits per heavy atom. The number of hydrogen-bond acceptors (Lipinski definition) is 3. The zero-order valence-corrected chi connectivity index (χ0v) is 12.8. The predicted molar refractivity (Wildman–Crippen MR) is 83.9 cm³/mol. The summed E-state index contributed by atoms with van der Waals surface area (Å²) in [5.74, 6) is -0.0157. The molecule has 0 atom stereocenters. The number of hydrogen-bond donors (Lipinski definition) is 1. The fourth-order valence-corrected chi connectivity index (χ4v) is 1.94. The summed E-state index contributed by atoms with van der Waals surface area (Å²) in [5, 5.41) is 3.55. The topological polar surface area (TPSA) is 50.7 Å². The van der Waals surface area contributed by atoms with Gasteiger partial charge in [-0.2, -0.15) is 18.3 Å². The van der Waals surface area contributed by atoms with E-state index in [0.29, 0.717) is 5.75 Å². The average Bonchev–Trinajstić information content (AvgIpc) is 2.53. The molecule has 2 rings (SSSR count). The molecule has 0 fully saturated rings.